The molecule has 2 aliphatic rings. The second-order valence-corrected chi connectivity index (χ2v) is 11.4. The molecule has 0 spiro atoms. The van der Waals surface area contributed by atoms with Crippen molar-refractivity contribution >= 4 is 38.9 Å². The predicted molar refractivity (Wildman–Crippen MR) is 123 cm³/mol. The maximum atomic E-state index is 12.3. The van der Waals surface area contributed by atoms with Gasteiger partial charge in [-0.3, -0.25) is 14.4 Å². The van der Waals surface area contributed by atoms with Gasteiger partial charge in [-0.15, -0.1) is 0 Å². The first-order valence-electron chi connectivity index (χ1n) is 10.1. The first kappa shape index (κ1) is 22.2. The van der Waals surface area contributed by atoms with Crippen LogP contribution in [-0.2, 0) is 10.5 Å². The van der Waals surface area contributed by atoms with Crippen LogP contribution in [0.5, 0.6) is 0 Å². The maximum absolute atomic E-state index is 12.3. The highest BCUT2D eigenvalue weighted by atomic mass is 32.3. The zero-order valence-electron chi connectivity index (χ0n) is 17.8. The number of hydrogen-bond donors (Lipinski definition) is 3. The Hall–Kier alpha value is -1.99. The Morgan fingerprint density at radius 1 is 1.42 bits per heavy atom. The van der Waals surface area contributed by atoms with Gasteiger partial charge in [0, 0.05) is 32.0 Å². The number of carbonyl (C=O) groups excluding carboxylic acids is 1. The number of carbonyl (C=O) groups is 1. The molecule has 12 heteroatoms. The SMILES string of the molecule is C[C@H]1COCCN1c1cc(CS(C)(O)O)nc(-c2cnc(NC(=O)N(C)C3CC3)s2)n1. The first-order valence-corrected chi connectivity index (χ1v) is 13.1. The van der Waals surface area contributed by atoms with E-state index in [0.29, 0.717) is 53.1 Å². The van der Waals surface area contributed by atoms with E-state index in [1.165, 1.54) is 17.6 Å². The Labute approximate surface area is 187 Å². The van der Waals surface area contributed by atoms with Gasteiger partial charge in [-0.05, 0) is 19.8 Å². The van der Waals surface area contributed by atoms with Gasteiger partial charge in [-0.25, -0.2) is 19.7 Å². The second kappa shape index (κ2) is 8.87. The molecule has 1 aliphatic heterocycles. The van der Waals surface area contributed by atoms with Crippen LogP contribution in [0.3, 0.4) is 0 Å². The predicted octanol–water partition coefficient (Wildman–Crippen LogP) is 3.33. The van der Waals surface area contributed by atoms with E-state index in [1.807, 2.05) is 0 Å². The van der Waals surface area contributed by atoms with Crippen molar-refractivity contribution in [2.75, 3.05) is 43.3 Å². The minimum absolute atomic E-state index is 0.0445. The second-order valence-electron chi connectivity index (χ2n) is 8.10. The smallest absolute Gasteiger partial charge is 0.323 e. The van der Waals surface area contributed by atoms with Gasteiger partial charge in [-0.1, -0.05) is 11.3 Å². The number of hydrogen-bond acceptors (Lipinski definition) is 9. The summed E-state index contributed by atoms with van der Waals surface area (Å²) in [5.41, 5.74) is 0.550. The highest BCUT2D eigenvalue weighted by Gasteiger charge is 2.30. The maximum Gasteiger partial charge on any atom is 0.323 e. The lowest BCUT2D eigenvalue weighted by molar-refractivity contribution is 0.0985. The Kier molecular flexibility index (Phi) is 6.35. The van der Waals surface area contributed by atoms with Crippen molar-refractivity contribution in [2.24, 2.45) is 0 Å². The summed E-state index contributed by atoms with van der Waals surface area (Å²) >= 11 is 1.29. The van der Waals surface area contributed by atoms with Crippen LogP contribution in [0.1, 0.15) is 25.5 Å². The number of urea groups is 1. The Bertz CT molecular complexity index is 946. The quantitative estimate of drug-likeness (QED) is 0.590. The summed E-state index contributed by atoms with van der Waals surface area (Å²) in [5.74, 6) is 1.21. The van der Waals surface area contributed by atoms with Gasteiger partial charge in [0.25, 0.3) is 0 Å². The fourth-order valence-corrected chi connectivity index (χ4v) is 4.85. The number of thiazole rings is 1. The number of ether oxygens (including phenoxy) is 1. The van der Waals surface area contributed by atoms with Crippen LogP contribution in [0.25, 0.3) is 10.7 Å². The molecule has 4 rings (SSSR count). The highest BCUT2D eigenvalue weighted by Crippen LogP contribution is 2.39. The molecule has 170 valence electrons. The molecule has 10 nitrogen and oxygen atoms in total. The minimum atomic E-state index is -2.77. The molecule has 1 aliphatic carbocycles. The third-order valence-electron chi connectivity index (χ3n) is 5.20. The summed E-state index contributed by atoms with van der Waals surface area (Å²) < 4.78 is 25.5. The molecule has 0 aromatic carbocycles. The molecule has 3 N–H and O–H groups in total. The summed E-state index contributed by atoms with van der Waals surface area (Å²) in [4.78, 5) is 30.4. The lowest BCUT2D eigenvalue weighted by Gasteiger charge is -2.35. The van der Waals surface area contributed by atoms with Crippen LogP contribution < -0.4 is 10.2 Å². The lowest BCUT2D eigenvalue weighted by Crippen LogP contribution is -2.44. The van der Waals surface area contributed by atoms with Gasteiger partial charge in [0.1, 0.15) is 5.82 Å². The van der Waals surface area contributed by atoms with Crippen LogP contribution in [0, 0.1) is 0 Å². The summed E-state index contributed by atoms with van der Waals surface area (Å²) in [5, 5.41) is 3.30. The normalized spacial score (nSPS) is 19.9. The van der Waals surface area contributed by atoms with Gasteiger partial charge in [0.15, 0.2) is 11.0 Å². The van der Waals surface area contributed by atoms with Crippen LogP contribution in [0.4, 0.5) is 15.7 Å². The molecule has 1 saturated heterocycles. The number of nitrogens with zero attached hydrogens (tertiary/aromatic N) is 5. The average Bonchev–Trinajstić information content (AvgIpc) is 3.45. The summed E-state index contributed by atoms with van der Waals surface area (Å²) in [6.07, 6.45) is 5.11. The molecule has 1 atom stereocenters. The van der Waals surface area contributed by atoms with Crippen LogP contribution in [-0.4, -0.2) is 80.1 Å². The number of amides is 2. The Morgan fingerprint density at radius 2 is 2.19 bits per heavy atom. The molecule has 2 amide bonds. The number of anilines is 2. The molecular formula is C19H28N6O4S2. The fourth-order valence-electron chi connectivity index (χ4n) is 3.40. The zero-order valence-corrected chi connectivity index (χ0v) is 19.4. The van der Waals surface area contributed by atoms with Crippen LogP contribution in [0.15, 0.2) is 12.3 Å². The van der Waals surface area contributed by atoms with Crippen molar-refractivity contribution in [3.05, 3.63) is 18.0 Å². The van der Waals surface area contributed by atoms with E-state index < -0.39 is 10.6 Å². The number of aromatic nitrogens is 3. The highest BCUT2D eigenvalue weighted by molar-refractivity contribution is 8.23. The summed E-state index contributed by atoms with van der Waals surface area (Å²) in [7, 11) is -0.983. The number of rotatable bonds is 6. The third kappa shape index (κ3) is 5.63. The Morgan fingerprint density at radius 3 is 2.87 bits per heavy atom. The van der Waals surface area contributed by atoms with E-state index in [-0.39, 0.29) is 17.8 Å². The molecule has 0 radical (unpaired) electrons. The molecule has 0 unspecified atom stereocenters. The first-order chi connectivity index (χ1) is 14.7. The number of nitrogens with one attached hydrogen (secondary N) is 1. The third-order valence-corrected chi connectivity index (χ3v) is 6.96. The standard InChI is InChI=1S/C19H28N6O4S2/c1-12-10-29-7-6-25(12)16-8-13(11-31(3,27)28)21-17(22-16)15-9-20-18(30-15)23-19(26)24(2)14-4-5-14/h8-9,12,14,27-28H,4-7,10-11H2,1-3H3,(H,20,23,26)/t12-/m0/s1. The van der Waals surface area contributed by atoms with Gasteiger partial charge in [0.05, 0.1) is 41.8 Å². The molecular weight excluding hydrogens is 440 g/mol. The monoisotopic (exact) mass is 468 g/mol. The van der Waals surface area contributed by atoms with Crippen molar-refractivity contribution in [3.63, 3.8) is 0 Å². The molecule has 2 aromatic heterocycles. The van der Waals surface area contributed by atoms with Gasteiger partial charge in [-0.2, -0.15) is 10.6 Å². The largest absolute Gasteiger partial charge is 0.377 e. The summed E-state index contributed by atoms with van der Waals surface area (Å²) in [6, 6.07) is 2.07. The molecule has 3 heterocycles. The van der Waals surface area contributed by atoms with Crippen LogP contribution in [0.2, 0.25) is 0 Å². The van der Waals surface area contributed by atoms with Crippen molar-refractivity contribution in [2.45, 2.75) is 37.6 Å². The summed E-state index contributed by atoms with van der Waals surface area (Å²) in [6.45, 7) is 3.96. The van der Waals surface area contributed by atoms with Crippen molar-refractivity contribution in [1.29, 1.82) is 0 Å². The van der Waals surface area contributed by atoms with E-state index in [9.17, 15) is 13.9 Å². The van der Waals surface area contributed by atoms with Crippen molar-refractivity contribution in [1.82, 2.24) is 19.9 Å². The van der Waals surface area contributed by atoms with Gasteiger partial charge < -0.3 is 14.5 Å². The fraction of sp³-hybridized carbons (Fsp3) is 0.579. The zero-order chi connectivity index (χ0) is 22.2. The van der Waals surface area contributed by atoms with E-state index >= 15 is 0 Å². The molecule has 2 aromatic rings. The van der Waals surface area contributed by atoms with Gasteiger partial charge >= 0.3 is 6.03 Å². The van der Waals surface area contributed by atoms with Crippen molar-refractivity contribution in [3.8, 4) is 10.7 Å². The molecule has 2 fully saturated rings. The minimum Gasteiger partial charge on any atom is -0.377 e. The van der Waals surface area contributed by atoms with E-state index in [1.54, 1.807) is 24.2 Å². The molecule has 31 heavy (non-hydrogen) atoms. The molecule has 0 bridgehead atoms. The van der Waals surface area contributed by atoms with E-state index in [0.717, 1.165) is 12.8 Å². The van der Waals surface area contributed by atoms with E-state index in [4.69, 9.17) is 9.72 Å². The lowest BCUT2D eigenvalue weighted by atomic mass is 10.2. The van der Waals surface area contributed by atoms with Crippen molar-refractivity contribution < 1.29 is 18.6 Å². The average molecular weight is 469 g/mol. The van der Waals surface area contributed by atoms with Crippen LogP contribution >= 0.6 is 21.9 Å². The van der Waals surface area contributed by atoms with E-state index in [2.05, 4.69) is 27.1 Å². The topological polar surface area (TPSA) is 124 Å². The molecule has 1 saturated carbocycles. The number of morpholine rings is 1. The van der Waals surface area contributed by atoms with Gasteiger partial charge in [0.2, 0.25) is 0 Å². The Balaban J connectivity index is 1.60.